The minimum absolute atomic E-state index is 0.868. The van der Waals surface area contributed by atoms with E-state index in [1.807, 2.05) is 6.08 Å². The summed E-state index contributed by atoms with van der Waals surface area (Å²) in [4.78, 5) is 0. The largest absolute Gasteiger partial charge is 0.103 e. The van der Waals surface area contributed by atoms with Crippen LogP contribution in [-0.2, 0) is 0 Å². The van der Waals surface area contributed by atoms with Crippen molar-refractivity contribution in [2.75, 3.05) is 0 Å². The number of unbranched alkanes of at least 4 members (excludes halogenated alkanes) is 5. The monoisotopic (exact) mass is 222 g/mol. The lowest BCUT2D eigenvalue weighted by Crippen LogP contribution is -1.92. The van der Waals surface area contributed by atoms with Crippen molar-refractivity contribution < 1.29 is 0 Å². The molecule has 94 valence electrons. The van der Waals surface area contributed by atoms with E-state index < -0.39 is 0 Å². The molecule has 16 heavy (non-hydrogen) atoms. The molecular weight excluding hydrogens is 192 g/mol. The Balaban J connectivity index is 3.27. The summed E-state index contributed by atoms with van der Waals surface area (Å²) in [5, 5.41) is 0. The summed E-state index contributed by atoms with van der Waals surface area (Å²) >= 11 is 0. The molecule has 0 aromatic rings. The molecule has 0 heteroatoms. The highest BCUT2D eigenvalue weighted by molar-refractivity contribution is 4.84. The molecule has 0 amide bonds. The van der Waals surface area contributed by atoms with Crippen molar-refractivity contribution in [3.63, 3.8) is 0 Å². The first-order valence-corrected chi connectivity index (χ1v) is 7.07. The van der Waals surface area contributed by atoms with Gasteiger partial charge < -0.3 is 0 Å². The number of hydrogen-bond acceptors (Lipinski definition) is 0. The molecule has 0 saturated heterocycles. The van der Waals surface area contributed by atoms with Crippen molar-refractivity contribution in [1.82, 2.24) is 0 Å². The van der Waals surface area contributed by atoms with Crippen LogP contribution in [0.1, 0.15) is 71.6 Å². The molecule has 0 aromatic carbocycles. The molecule has 0 nitrogen and oxygen atoms in total. The molecule has 0 radical (unpaired) electrons. The minimum atomic E-state index is 0.868. The fraction of sp³-hybridized carbons (Fsp3) is 0.750. The van der Waals surface area contributed by atoms with Crippen LogP contribution in [0, 0.1) is 5.92 Å². The second-order valence-corrected chi connectivity index (χ2v) is 4.88. The van der Waals surface area contributed by atoms with Gasteiger partial charge >= 0.3 is 0 Å². The molecule has 0 spiro atoms. The van der Waals surface area contributed by atoms with Gasteiger partial charge in [-0.3, -0.25) is 0 Å². The summed E-state index contributed by atoms with van der Waals surface area (Å²) in [5.74, 6) is 0.868. The molecule has 0 bridgehead atoms. The topological polar surface area (TPSA) is 0 Å². The summed E-state index contributed by atoms with van der Waals surface area (Å²) in [6.45, 7) is 8.38. The van der Waals surface area contributed by atoms with E-state index in [-0.39, 0.29) is 0 Å². The van der Waals surface area contributed by atoms with Gasteiger partial charge in [0.15, 0.2) is 0 Å². The maximum Gasteiger partial charge on any atom is -0.0325 e. The Morgan fingerprint density at radius 3 is 2.50 bits per heavy atom. The van der Waals surface area contributed by atoms with Gasteiger partial charge in [0.2, 0.25) is 0 Å². The summed E-state index contributed by atoms with van der Waals surface area (Å²) in [7, 11) is 0. The lowest BCUT2D eigenvalue weighted by atomic mass is 9.99. The van der Waals surface area contributed by atoms with Gasteiger partial charge in [0, 0.05) is 0 Å². The van der Waals surface area contributed by atoms with Gasteiger partial charge in [0.25, 0.3) is 0 Å². The van der Waals surface area contributed by atoms with Gasteiger partial charge in [-0.15, -0.1) is 6.58 Å². The third-order valence-electron chi connectivity index (χ3n) is 3.03. The van der Waals surface area contributed by atoms with Crippen molar-refractivity contribution in [2.45, 2.75) is 71.6 Å². The zero-order chi connectivity index (χ0) is 12.1. The van der Waals surface area contributed by atoms with E-state index in [9.17, 15) is 0 Å². The average molecular weight is 222 g/mol. The molecule has 0 aliphatic rings. The van der Waals surface area contributed by atoms with Gasteiger partial charge in [-0.05, 0) is 31.6 Å². The lowest BCUT2D eigenvalue weighted by Gasteiger charge is -2.07. The predicted octanol–water partition coefficient (Wildman–Crippen LogP) is 5.90. The van der Waals surface area contributed by atoms with Crippen molar-refractivity contribution >= 4 is 0 Å². The molecule has 0 aliphatic heterocycles. The van der Waals surface area contributed by atoms with Crippen molar-refractivity contribution in [3.05, 3.63) is 24.8 Å². The highest BCUT2D eigenvalue weighted by Gasteiger charge is 1.98. The van der Waals surface area contributed by atoms with E-state index >= 15 is 0 Å². The highest BCUT2D eigenvalue weighted by atomic mass is 14.0. The molecule has 1 atom stereocenters. The average Bonchev–Trinajstić information content (AvgIpc) is 2.29. The molecule has 1 unspecified atom stereocenters. The van der Waals surface area contributed by atoms with E-state index in [0.717, 1.165) is 12.3 Å². The van der Waals surface area contributed by atoms with Crippen LogP contribution < -0.4 is 0 Å². The van der Waals surface area contributed by atoms with Crippen LogP contribution in [0.3, 0.4) is 0 Å². The Bertz CT molecular complexity index is 167. The van der Waals surface area contributed by atoms with Crippen molar-refractivity contribution in [2.24, 2.45) is 5.92 Å². The Hall–Kier alpha value is -0.520. The first-order chi connectivity index (χ1) is 7.81. The Kier molecular flexibility index (Phi) is 12.1. The minimum Gasteiger partial charge on any atom is -0.103 e. The van der Waals surface area contributed by atoms with Gasteiger partial charge in [-0.25, -0.2) is 0 Å². The van der Waals surface area contributed by atoms with Crippen LogP contribution in [0.5, 0.6) is 0 Å². The van der Waals surface area contributed by atoms with Crippen LogP contribution in [0.15, 0.2) is 24.8 Å². The van der Waals surface area contributed by atoms with E-state index in [0.29, 0.717) is 0 Å². The fourth-order valence-corrected chi connectivity index (χ4v) is 1.86. The fourth-order valence-electron chi connectivity index (χ4n) is 1.86. The second-order valence-electron chi connectivity index (χ2n) is 4.88. The summed E-state index contributed by atoms with van der Waals surface area (Å²) in [6, 6.07) is 0. The Labute approximate surface area is 103 Å². The SMILES string of the molecule is C=CCCCC=CCC(C)CCCCCC. The Morgan fingerprint density at radius 1 is 1.00 bits per heavy atom. The van der Waals surface area contributed by atoms with Crippen molar-refractivity contribution in [3.8, 4) is 0 Å². The molecule has 0 fully saturated rings. The smallest absolute Gasteiger partial charge is 0.0325 e. The van der Waals surface area contributed by atoms with Crippen LogP contribution in [0.4, 0.5) is 0 Å². The van der Waals surface area contributed by atoms with Crippen LogP contribution in [0.2, 0.25) is 0 Å². The maximum absolute atomic E-state index is 3.73. The normalized spacial score (nSPS) is 13.1. The number of allylic oxidation sites excluding steroid dienone is 3. The zero-order valence-corrected chi connectivity index (χ0v) is 11.4. The van der Waals surface area contributed by atoms with E-state index in [2.05, 4.69) is 32.6 Å². The maximum atomic E-state index is 3.73. The lowest BCUT2D eigenvalue weighted by molar-refractivity contribution is 0.493. The standard InChI is InChI=1S/C16H30/c1-4-6-8-10-11-13-15-16(3)14-12-9-7-5-2/h4,11,13,16H,1,5-10,12,14-15H2,2-3H3. The zero-order valence-electron chi connectivity index (χ0n) is 11.4. The molecule has 0 saturated carbocycles. The van der Waals surface area contributed by atoms with Gasteiger partial charge in [-0.1, -0.05) is 64.2 Å². The van der Waals surface area contributed by atoms with Gasteiger partial charge in [0.1, 0.15) is 0 Å². The summed E-state index contributed by atoms with van der Waals surface area (Å²) in [6.07, 6.45) is 18.6. The van der Waals surface area contributed by atoms with Crippen molar-refractivity contribution in [1.29, 1.82) is 0 Å². The van der Waals surface area contributed by atoms with E-state index in [1.165, 1.54) is 51.4 Å². The molecule has 0 N–H and O–H groups in total. The van der Waals surface area contributed by atoms with Gasteiger partial charge in [0.05, 0.1) is 0 Å². The third-order valence-corrected chi connectivity index (χ3v) is 3.03. The summed E-state index contributed by atoms with van der Waals surface area (Å²) in [5.41, 5.74) is 0. The predicted molar refractivity (Wildman–Crippen MR) is 75.7 cm³/mol. The van der Waals surface area contributed by atoms with Crippen LogP contribution in [-0.4, -0.2) is 0 Å². The summed E-state index contributed by atoms with van der Waals surface area (Å²) < 4.78 is 0. The third kappa shape index (κ3) is 11.6. The quantitative estimate of drug-likeness (QED) is 0.302. The van der Waals surface area contributed by atoms with E-state index in [1.54, 1.807) is 0 Å². The molecule has 0 aromatic heterocycles. The first-order valence-electron chi connectivity index (χ1n) is 7.07. The number of rotatable bonds is 11. The highest BCUT2D eigenvalue weighted by Crippen LogP contribution is 2.14. The Morgan fingerprint density at radius 2 is 1.81 bits per heavy atom. The van der Waals surface area contributed by atoms with Crippen LogP contribution >= 0.6 is 0 Å². The molecular formula is C16H30. The van der Waals surface area contributed by atoms with Crippen LogP contribution in [0.25, 0.3) is 0 Å². The molecule has 0 aliphatic carbocycles. The molecule has 0 heterocycles. The molecule has 0 rings (SSSR count). The first kappa shape index (κ1) is 15.5. The second kappa shape index (κ2) is 12.5. The number of hydrogen-bond donors (Lipinski definition) is 0. The van der Waals surface area contributed by atoms with Gasteiger partial charge in [-0.2, -0.15) is 0 Å². The van der Waals surface area contributed by atoms with E-state index in [4.69, 9.17) is 0 Å².